The minimum Gasteiger partial charge on any atom is -0.508 e. The van der Waals surface area contributed by atoms with Gasteiger partial charge in [0, 0.05) is 88.5 Å². The lowest BCUT2D eigenvalue weighted by atomic mass is 9.99. The number of likely N-dealkylation sites (N-methyl/N-ethyl adjacent to an activating group) is 1. The normalized spacial score (nSPS) is 14.2. The molecule has 34 N–H and O–H groups in total. The number of para-hydroxylation sites is 1. The van der Waals surface area contributed by atoms with Gasteiger partial charge in [0.1, 0.15) is 84.0 Å². The third-order valence-electron chi connectivity index (χ3n) is 20.0. The van der Waals surface area contributed by atoms with Crippen LogP contribution in [0.15, 0.2) is 91.5 Å². The Kier molecular flexibility index (Phi) is 41.5. The van der Waals surface area contributed by atoms with E-state index in [0.717, 1.165) is 11.8 Å². The average Bonchev–Trinajstić information content (AvgIpc) is 1.62. The Labute approximate surface area is 726 Å². The molecule has 5 rings (SSSR count). The van der Waals surface area contributed by atoms with Crippen molar-refractivity contribution in [1.29, 1.82) is 16.2 Å². The van der Waals surface area contributed by atoms with Crippen molar-refractivity contribution in [3.8, 4) is 11.5 Å². The number of hydrogen-bond acceptors (Lipinski definition) is 22. The van der Waals surface area contributed by atoms with Gasteiger partial charge in [0.15, 0.2) is 17.9 Å². The molecule has 0 bridgehead atoms. The summed E-state index contributed by atoms with van der Waals surface area (Å²) < 4.78 is 0. The molecule has 45 heteroatoms. The Balaban J connectivity index is 1.44. The molecule has 45 nitrogen and oxygen atoms in total. The molecular weight excluding hydrogens is 1640 g/mol. The number of guanidine groups is 3. The highest BCUT2D eigenvalue weighted by Gasteiger charge is 2.41. The smallest absolute Gasteiger partial charge is 0.245 e. The van der Waals surface area contributed by atoms with Gasteiger partial charge in [-0.3, -0.25) is 88.1 Å². The largest absolute Gasteiger partial charge is 0.508 e. The summed E-state index contributed by atoms with van der Waals surface area (Å²) in [6.45, 7) is 9.18. The van der Waals surface area contributed by atoms with Crippen LogP contribution in [0, 0.1) is 28.1 Å². The second-order valence-electron chi connectivity index (χ2n) is 31.1. The third-order valence-corrected chi connectivity index (χ3v) is 20.0. The fraction of sp³-hybridized carbons (Fsp3) is 0.494. The number of phenols is 2. The van der Waals surface area contributed by atoms with E-state index in [2.05, 4.69) is 89.4 Å². The van der Waals surface area contributed by atoms with Crippen molar-refractivity contribution in [3.05, 3.63) is 114 Å². The lowest BCUT2D eigenvalue weighted by Gasteiger charge is -2.33. The molecule has 15 amide bonds. The van der Waals surface area contributed by atoms with Gasteiger partial charge in [0.05, 0.1) is 24.5 Å². The first kappa shape index (κ1) is 102. The summed E-state index contributed by atoms with van der Waals surface area (Å²) in [5.74, 6) is -17.6. The van der Waals surface area contributed by atoms with E-state index in [-0.39, 0.29) is 114 Å². The number of carbonyl (C=O) groups excluding carboxylic acids is 15. The highest BCUT2D eigenvalue weighted by atomic mass is 16.3. The van der Waals surface area contributed by atoms with E-state index in [1.807, 2.05) is 0 Å². The number of carbonyl (C=O) groups is 15. The molecule has 2 aromatic heterocycles. The van der Waals surface area contributed by atoms with Gasteiger partial charge in [0.25, 0.3) is 0 Å². The number of aliphatic hydroxyl groups is 1. The summed E-state index contributed by atoms with van der Waals surface area (Å²) in [5, 5.41) is 90.9. The van der Waals surface area contributed by atoms with E-state index in [1.54, 1.807) is 51.2 Å². The maximum atomic E-state index is 15.1. The zero-order valence-corrected chi connectivity index (χ0v) is 71.4. The molecule has 2 heterocycles. The van der Waals surface area contributed by atoms with Crippen molar-refractivity contribution in [3.63, 3.8) is 0 Å². The summed E-state index contributed by atoms with van der Waals surface area (Å²) >= 11 is 0. The first-order chi connectivity index (χ1) is 59.5. The van der Waals surface area contributed by atoms with Crippen LogP contribution in [0.25, 0.3) is 10.9 Å². The summed E-state index contributed by atoms with van der Waals surface area (Å²) in [6, 6.07) is -1.18. The van der Waals surface area contributed by atoms with Crippen LogP contribution in [0.1, 0.15) is 135 Å². The quantitative estimate of drug-likeness (QED) is 0.00982. The SMILES string of the molecule is CCC(=O)N[C@@H](CCCNC(=N)N)C(=O)NC(Cc1c[nH]cn1)C(=O)N[C@@H](Cc1ccc(O)cc1)C(=O)NC(CC(C)C)C(=O)N[C@@H](CC(N)=O)C(=O)NC(Cc1c[nH]c2ccccc12)C(=O)N[C@H](C(=O)N[C@H](C(=O)N[C@@H](CCCNC(=N)N)C(=O)NC(CCC(N)=O)C(=O)N(C)[C@@H](CCCNC(=N)N)C(=O)NC(Cc1ccc(O)cc1)C(N)=O)[C@@H](C)O)C(C)C. The highest BCUT2D eigenvalue weighted by Crippen LogP contribution is 2.22. The Bertz CT molecular complexity index is 4580. The number of aromatic hydroxyl groups is 2. The Morgan fingerprint density at radius 3 is 1.39 bits per heavy atom. The molecule has 0 aliphatic carbocycles. The monoisotopic (exact) mass is 1760 g/mol. The molecule has 126 heavy (non-hydrogen) atoms. The van der Waals surface area contributed by atoms with Gasteiger partial charge < -0.3 is 139 Å². The van der Waals surface area contributed by atoms with Crippen molar-refractivity contribution in [2.24, 2.45) is 46.2 Å². The maximum Gasteiger partial charge on any atom is 0.245 e. The first-order valence-electron chi connectivity index (χ1n) is 41.0. The van der Waals surface area contributed by atoms with E-state index in [4.69, 9.17) is 50.6 Å². The standard InChI is InChI=1S/C81H121N27O18/c1-8-64(114)97-52(16-11-29-92-79(85)86)68(116)104-59(36-47-39-91-40-96-47)72(120)102-57(34-45-21-25-49(111)26-22-45)71(119)101-56(32-41(2)3)70(118)105-60(37-63(83)113)73(121)103-58(35-46-38-95-51-15-10-9-14-50(46)51)74(122)106-65(42(4)5)76(124)107-66(43(6)109)77(125)98-53(17-12-30-93-80(87)88)69(117)99-54(27-28-62(82)112)78(126)108(7)61(18-13-31-94-81(89)90)75(123)100-55(67(84)115)33-44-19-23-48(110)24-20-44/h9-10,14-15,19-26,38-43,52-61,65-66,95,109-111H,8,11-13,16-18,27-37H2,1-7H3,(H2,82,112)(H2,83,113)(H2,84,115)(H,91,96)(H,97,114)(H,98,125)(H,99,117)(H,100,123)(H,101,119)(H,102,120)(H,103,121)(H,104,116)(H,105,118)(H,106,122)(H,107,124)(H4,85,86,92)(H4,87,88,93)(H4,89,90,94)/t43-,52+,53+,54?,55?,56?,57+,58?,59?,60+,61+,65+,66+/m1/s1. The maximum absolute atomic E-state index is 15.1. The van der Waals surface area contributed by atoms with Crippen molar-refractivity contribution in [2.75, 3.05) is 26.7 Å². The van der Waals surface area contributed by atoms with Crippen LogP contribution in [-0.2, 0) is 97.6 Å². The van der Waals surface area contributed by atoms with E-state index >= 15 is 4.79 Å². The molecule has 13 atom stereocenters. The lowest BCUT2D eigenvalue weighted by Crippen LogP contribution is -2.63. The van der Waals surface area contributed by atoms with Gasteiger partial charge in [-0.05, 0) is 117 Å². The second-order valence-corrected chi connectivity index (χ2v) is 31.1. The number of aromatic nitrogens is 3. The summed E-state index contributed by atoms with van der Waals surface area (Å²) in [6.07, 6.45) is -0.813. The molecule has 5 unspecified atom stereocenters. The number of imidazole rings is 1. The number of nitrogens with zero attached hydrogens (tertiary/aromatic N) is 2. The number of primary amides is 3. The number of fused-ring (bicyclic) bond motifs is 1. The number of hydrogen-bond donors (Lipinski definition) is 28. The number of amides is 15. The topological polar surface area (TPSA) is 761 Å². The Hall–Kier alpha value is -14.2. The van der Waals surface area contributed by atoms with Crippen LogP contribution in [0.2, 0.25) is 0 Å². The molecule has 688 valence electrons. The van der Waals surface area contributed by atoms with Gasteiger partial charge in [-0.15, -0.1) is 0 Å². The molecule has 0 aliphatic heterocycles. The van der Waals surface area contributed by atoms with Crippen molar-refractivity contribution in [2.45, 2.75) is 216 Å². The number of benzene rings is 3. The van der Waals surface area contributed by atoms with Crippen LogP contribution in [-0.4, -0.2) is 247 Å². The minimum absolute atomic E-state index is 0.00233. The van der Waals surface area contributed by atoms with Gasteiger partial charge >= 0.3 is 0 Å². The summed E-state index contributed by atoms with van der Waals surface area (Å²) in [5.41, 5.74) is 35.7. The molecule has 0 spiro atoms. The molecule has 0 aliphatic rings. The average molecular weight is 1760 g/mol. The van der Waals surface area contributed by atoms with Gasteiger partial charge in [-0.1, -0.05) is 77.1 Å². The zero-order valence-electron chi connectivity index (χ0n) is 71.4. The van der Waals surface area contributed by atoms with Crippen molar-refractivity contribution < 1.29 is 87.2 Å². The van der Waals surface area contributed by atoms with Crippen molar-refractivity contribution in [1.82, 2.24) is 94.3 Å². The van der Waals surface area contributed by atoms with Gasteiger partial charge in [-0.25, -0.2) is 4.98 Å². The van der Waals surface area contributed by atoms with Gasteiger partial charge in [-0.2, -0.15) is 0 Å². The van der Waals surface area contributed by atoms with Crippen molar-refractivity contribution >= 4 is 117 Å². The lowest BCUT2D eigenvalue weighted by molar-refractivity contribution is -0.143. The first-order valence-corrected chi connectivity index (χ1v) is 41.0. The number of aromatic amines is 2. The van der Waals surface area contributed by atoms with Crippen LogP contribution >= 0.6 is 0 Å². The number of H-pyrrole nitrogens is 2. The highest BCUT2D eigenvalue weighted by molar-refractivity contribution is 6.01. The van der Waals surface area contributed by atoms with Crippen LogP contribution < -0.4 is 109 Å². The predicted octanol–water partition coefficient (Wildman–Crippen LogP) is -5.36. The fourth-order valence-corrected chi connectivity index (χ4v) is 13.3. The van der Waals surface area contributed by atoms with Crippen LogP contribution in [0.3, 0.4) is 0 Å². The minimum atomic E-state index is -1.96. The van der Waals surface area contributed by atoms with E-state index in [0.29, 0.717) is 33.3 Å². The number of nitrogens with one attached hydrogen (secondary N) is 19. The molecule has 0 fully saturated rings. The van der Waals surface area contributed by atoms with Gasteiger partial charge in [0.2, 0.25) is 88.6 Å². The number of rotatable bonds is 54. The molecule has 3 aromatic carbocycles. The molecule has 0 radical (unpaired) electrons. The van der Waals surface area contributed by atoms with Crippen LogP contribution in [0.4, 0.5) is 0 Å². The third kappa shape index (κ3) is 35.0. The predicted molar refractivity (Wildman–Crippen MR) is 461 cm³/mol. The molecule has 0 saturated heterocycles. The molecular formula is C81H121N27O18. The second kappa shape index (κ2) is 51.0. The van der Waals surface area contributed by atoms with E-state index in [9.17, 15) is 82.4 Å². The van der Waals surface area contributed by atoms with Crippen LogP contribution in [0.5, 0.6) is 11.5 Å². The summed E-state index contributed by atoms with van der Waals surface area (Å²) in [7, 11) is 1.20. The van der Waals surface area contributed by atoms with E-state index in [1.165, 1.54) is 82.0 Å². The molecule has 0 saturated carbocycles. The Morgan fingerprint density at radius 1 is 0.460 bits per heavy atom. The zero-order chi connectivity index (χ0) is 93.6. The number of aliphatic hydroxyl groups excluding tert-OH is 1. The fourth-order valence-electron chi connectivity index (χ4n) is 13.3. The number of phenolic OH excluding ortho intramolecular Hbond substituents is 2. The number of nitrogens with two attached hydrogens (primary N) is 6. The Morgan fingerprint density at radius 2 is 0.897 bits per heavy atom. The summed E-state index contributed by atoms with van der Waals surface area (Å²) in [4.78, 5) is 224. The molecule has 5 aromatic rings. The van der Waals surface area contributed by atoms with E-state index < -0.39 is 210 Å².